The van der Waals surface area contributed by atoms with Crippen molar-refractivity contribution < 1.29 is 0 Å². The summed E-state index contributed by atoms with van der Waals surface area (Å²) >= 11 is 1.82. The van der Waals surface area contributed by atoms with Crippen LogP contribution in [0.2, 0.25) is 0 Å². The molecule has 1 nitrogen and oxygen atoms in total. The summed E-state index contributed by atoms with van der Waals surface area (Å²) in [4.78, 5) is 2.69. The van der Waals surface area contributed by atoms with Crippen LogP contribution in [0.1, 0.15) is 42.0 Å². The smallest absolute Gasteiger partial charge is 0.0389 e. The molecule has 0 aliphatic carbocycles. The highest BCUT2D eigenvalue weighted by atomic mass is 35.5. The summed E-state index contributed by atoms with van der Waals surface area (Å²) in [5.41, 5.74) is 6.00. The molecule has 1 heterocycles. The average Bonchev–Trinajstić information content (AvgIpc) is 2.47. The Kier molecular flexibility index (Phi) is 6.39. The minimum absolute atomic E-state index is 0. The molecule has 0 aliphatic heterocycles. The van der Waals surface area contributed by atoms with Crippen molar-refractivity contribution >= 4 is 23.7 Å². The molecule has 1 aromatic rings. The van der Waals surface area contributed by atoms with E-state index in [0.29, 0.717) is 0 Å². The number of thiophene rings is 1. The van der Waals surface area contributed by atoms with E-state index in [4.69, 9.17) is 5.73 Å². The molecule has 0 radical (unpaired) electrons. The van der Waals surface area contributed by atoms with Gasteiger partial charge in [0.25, 0.3) is 0 Å². The Bertz CT molecular complexity index is 235. The maximum Gasteiger partial charge on any atom is 0.0389 e. The van der Waals surface area contributed by atoms with Gasteiger partial charge in [-0.05, 0) is 25.5 Å². The van der Waals surface area contributed by atoms with Gasteiger partial charge in [-0.25, -0.2) is 0 Å². The van der Waals surface area contributed by atoms with Crippen molar-refractivity contribution in [2.45, 2.75) is 39.2 Å². The Labute approximate surface area is 90.8 Å². The molecule has 0 aliphatic rings. The van der Waals surface area contributed by atoms with Crippen LogP contribution in [-0.2, 0) is 0 Å². The molecule has 3 heteroatoms. The van der Waals surface area contributed by atoms with Gasteiger partial charge in [0.05, 0.1) is 0 Å². The first kappa shape index (κ1) is 12.9. The van der Waals surface area contributed by atoms with E-state index in [1.165, 1.54) is 22.6 Å². The van der Waals surface area contributed by atoms with Crippen molar-refractivity contribution in [1.29, 1.82) is 0 Å². The van der Waals surface area contributed by atoms with E-state index in [0.717, 1.165) is 6.42 Å². The molecule has 1 rings (SSSR count). The fourth-order valence-corrected chi connectivity index (χ4v) is 2.13. The molecule has 1 atom stereocenters. The molecule has 0 unspecified atom stereocenters. The predicted molar refractivity (Wildman–Crippen MR) is 62.8 cm³/mol. The molecule has 0 bridgehead atoms. The summed E-state index contributed by atoms with van der Waals surface area (Å²) < 4.78 is 0. The van der Waals surface area contributed by atoms with Crippen LogP contribution in [0.3, 0.4) is 0 Å². The van der Waals surface area contributed by atoms with Crippen LogP contribution in [0, 0.1) is 6.92 Å². The first-order valence-corrected chi connectivity index (χ1v) is 5.37. The molecule has 0 aromatic carbocycles. The van der Waals surface area contributed by atoms with Crippen LogP contribution >= 0.6 is 23.7 Å². The van der Waals surface area contributed by atoms with E-state index < -0.39 is 0 Å². The van der Waals surface area contributed by atoms with E-state index in [9.17, 15) is 0 Å². The average molecular weight is 220 g/mol. The van der Waals surface area contributed by atoms with E-state index in [-0.39, 0.29) is 18.4 Å². The number of halogens is 1. The molecular formula is C10H18ClNS. The van der Waals surface area contributed by atoms with Crippen molar-refractivity contribution in [3.8, 4) is 0 Å². The van der Waals surface area contributed by atoms with Crippen LogP contribution in [0.4, 0.5) is 0 Å². The van der Waals surface area contributed by atoms with Crippen molar-refractivity contribution in [1.82, 2.24) is 0 Å². The van der Waals surface area contributed by atoms with Crippen LogP contribution < -0.4 is 5.73 Å². The van der Waals surface area contributed by atoms with Gasteiger partial charge in [-0.15, -0.1) is 23.7 Å². The second kappa shape index (κ2) is 6.41. The third-order valence-electron chi connectivity index (χ3n) is 2.00. The first-order valence-electron chi connectivity index (χ1n) is 4.56. The molecule has 0 spiro atoms. The summed E-state index contributed by atoms with van der Waals surface area (Å²) in [5.74, 6) is 0. The summed E-state index contributed by atoms with van der Waals surface area (Å²) in [6.45, 7) is 4.33. The monoisotopic (exact) mass is 219 g/mol. The van der Waals surface area contributed by atoms with E-state index >= 15 is 0 Å². The second-order valence-electron chi connectivity index (χ2n) is 3.20. The molecule has 0 fully saturated rings. The van der Waals surface area contributed by atoms with Gasteiger partial charge in [0.15, 0.2) is 0 Å². The zero-order chi connectivity index (χ0) is 8.97. The number of nitrogens with two attached hydrogens (primary N) is 1. The Balaban J connectivity index is 0.00000144. The van der Waals surface area contributed by atoms with Crippen molar-refractivity contribution in [3.05, 3.63) is 21.9 Å². The quantitative estimate of drug-likeness (QED) is 0.822. The topological polar surface area (TPSA) is 26.0 Å². The lowest BCUT2D eigenvalue weighted by atomic mass is 10.1. The molecule has 1 aromatic heterocycles. The van der Waals surface area contributed by atoms with Gasteiger partial charge in [-0.3, -0.25) is 0 Å². The van der Waals surface area contributed by atoms with E-state index in [1.54, 1.807) is 0 Å². The maximum atomic E-state index is 6.00. The Morgan fingerprint density at radius 3 is 2.62 bits per heavy atom. The van der Waals surface area contributed by atoms with Gasteiger partial charge in [0.2, 0.25) is 0 Å². The molecular weight excluding hydrogens is 202 g/mol. The molecule has 76 valence electrons. The fourth-order valence-electron chi connectivity index (χ4n) is 1.22. The highest BCUT2D eigenvalue weighted by Crippen LogP contribution is 2.24. The highest BCUT2D eigenvalue weighted by molar-refractivity contribution is 7.12. The summed E-state index contributed by atoms with van der Waals surface area (Å²) in [5, 5.41) is 0. The van der Waals surface area contributed by atoms with Crippen molar-refractivity contribution in [3.63, 3.8) is 0 Å². The van der Waals surface area contributed by atoms with Gasteiger partial charge in [-0.1, -0.05) is 19.8 Å². The fraction of sp³-hybridized carbons (Fsp3) is 0.600. The lowest BCUT2D eigenvalue weighted by Gasteiger charge is -2.07. The first-order chi connectivity index (χ1) is 5.74. The number of hydrogen-bond acceptors (Lipinski definition) is 2. The standard InChI is InChI=1S/C10H17NS.ClH/c1-3-4-5-9(11)10-7-6-8(2)12-10;/h6-7,9H,3-5,11H2,1-2H3;1H/t9-;/m1./s1. The van der Waals surface area contributed by atoms with Gasteiger partial charge < -0.3 is 5.73 Å². The molecule has 0 saturated heterocycles. The van der Waals surface area contributed by atoms with Crippen LogP contribution in [0.5, 0.6) is 0 Å². The maximum absolute atomic E-state index is 6.00. The Morgan fingerprint density at radius 2 is 2.15 bits per heavy atom. The number of hydrogen-bond donors (Lipinski definition) is 1. The third kappa shape index (κ3) is 4.12. The highest BCUT2D eigenvalue weighted by Gasteiger charge is 2.06. The Morgan fingerprint density at radius 1 is 1.46 bits per heavy atom. The number of unbranched alkanes of at least 4 members (excludes halogenated alkanes) is 1. The summed E-state index contributed by atoms with van der Waals surface area (Å²) in [6.07, 6.45) is 3.59. The van der Waals surface area contributed by atoms with Crippen LogP contribution in [0.25, 0.3) is 0 Å². The zero-order valence-corrected chi connectivity index (χ0v) is 9.88. The van der Waals surface area contributed by atoms with Crippen LogP contribution in [-0.4, -0.2) is 0 Å². The van der Waals surface area contributed by atoms with Crippen molar-refractivity contribution in [2.24, 2.45) is 5.73 Å². The summed E-state index contributed by atoms with van der Waals surface area (Å²) in [6, 6.07) is 4.57. The molecule has 0 saturated carbocycles. The number of rotatable bonds is 4. The van der Waals surface area contributed by atoms with Crippen LogP contribution in [0.15, 0.2) is 12.1 Å². The molecule has 13 heavy (non-hydrogen) atoms. The normalized spacial score (nSPS) is 12.2. The minimum atomic E-state index is 0. The number of aryl methyl sites for hydroxylation is 1. The lowest BCUT2D eigenvalue weighted by Crippen LogP contribution is -2.07. The predicted octanol–water partition coefficient (Wildman–Crippen LogP) is 3.67. The van der Waals surface area contributed by atoms with Crippen molar-refractivity contribution in [2.75, 3.05) is 0 Å². The van der Waals surface area contributed by atoms with E-state index in [1.807, 2.05) is 11.3 Å². The van der Waals surface area contributed by atoms with Gasteiger partial charge in [0, 0.05) is 15.8 Å². The largest absolute Gasteiger partial charge is 0.323 e. The summed E-state index contributed by atoms with van der Waals surface area (Å²) in [7, 11) is 0. The molecule has 2 N–H and O–H groups in total. The lowest BCUT2D eigenvalue weighted by molar-refractivity contribution is 0.611. The van der Waals surface area contributed by atoms with Gasteiger partial charge >= 0.3 is 0 Å². The van der Waals surface area contributed by atoms with Gasteiger partial charge in [0.1, 0.15) is 0 Å². The van der Waals surface area contributed by atoms with E-state index in [2.05, 4.69) is 26.0 Å². The zero-order valence-electron chi connectivity index (χ0n) is 8.25. The Hall–Kier alpha value is -0.0500. The SMILES string of the molecule is CCCC[C@@H](N)c1ccc(C)s1.Cl. The van der Waals surface area contributed by atoms with Gasteiger partial charge in [-0.2, -0.15) is 0 Å². The molecule has 0 amide bonds. The third-order valence-corrected chi connectivity index (χ3v) is 3.13. The second-order valence-corrected chi connectivity index (χ2v) is 4.52. The minimum Gasteiger partial charge on any atom is -0.323 e.